The van der Waals surface area contributed by atoms with Crippen molar-refractivity contribution in [3.05, 3.63) is 42.0 Å². The van der Waals surface area contributed by atoms with Crippen molar-refractivity contribution >= 4 is 10.8 Å². The van der Waals surface area contributed by atoms with Gasteiger partial charge in [0, 0.05) is 0 Å². The molecule has 1 aliphatic rings. The first kappa shape index (κ1) is 14.4. The molecule has 4 heteroatoms. The van der Waals surface area contributed by atoms with Crippen LogP contribution in [0.15, 0.2) is 36.4 Å². The van der Waals surface area contributed by atoms with E-state index < -0.39 is 5.60 Å². The van der Waals surface area contributed by atoms with Gasteiger partial charge in [0.25, 0.3) is 0 Å². The summed E-state index contributed by atoms with van der Waals surface area (Å²) in [6.07, 6.45) is 2.69. The summed E-state index contributed by atoms with van der Waals surface area (Å²) in [4.78, 5) is 0. The van der Waals surface area contributed by atoms with Gasteiger partial charge in [0.05, 0.1) is 24.3 Å². The topological polar surface area (TPSA) is 66.0 Å². The first-order chi connectivity index (χ1) is 10.7. The van der Waals surface area contributed by atoms with E-state index in [0.717, 1.165) is 35.8 Å². The summed E-state index contributed by atoms with van der Waals surface area (Å²) in [7, 11) is 0. The maximum atomic E-state index is 9.08. The standard InChI is InChI=1S/C18H16N2O2/c19-12-14-2-3-15-4-5-17(11-16(15)10-14)21-8-9-22-18(13-20)6-1-7-18/h2-5,10-11H,1,6-9H2. The smallest absolute Gasteiger partial charge is 0.154 e. The average molecular weight is 292 g/mol. The third-order valence-electron chi connectivity index (χ3n) is 4.04. The van der Waals surface area contributed by atoms with Crippen molar-refractivity contribution in [2.45, 2.75) is 24.9 Å². The first-order valence-electron chi connectivity index (χ1n) is 7.37. The Balaban J connectivity index is 1.60. The minimum absolute atomic E-state index is 0.407. The van der Waals surface area contributed by atoms with Gasteiger partial charge < -0.3 is 9.47 Å². The van der Waals surface area contributed by atoms with Gasteiger partial charge in [0.2, 0.25) is 0 Å². The Morgan fingerprint density at radius 3 is 2.50 bits per heavy atom. The van der Waals surface area contributed by atoms with E-state index >= 15 is 0 Å². The monoisotopic (exact) mass is 292 g/mol. The van der Waals surface area contributed by atoms with Gasteiger partial charge in [0.15, 0.2) is 5.60 Å². The van der Waals surface area contributed by atoms with Crippen LogP contribution < -0.4 is 4.74 Å². The summed E-state index contributed by atoms with van der Waals surface area (Å²) in [6.45, 7) is 0.816. The van der Waals surface area contributed by atoms with Gasteiger partial charge in [-0.3, -0.25) is 0 Å². The molecule has 0 unspecified atom stereocenters. The van der Waals surface area contributed by atoms with Crippen molar-refractivity contribution in [1.82, 2.24) is 0 Å². The van der Waals surface area contributed by atoms with E-state index in [2.05, 4.69) is 12.1 Å². The predicted octanol–water partition coefficient (Wildman–Crippen LogP) is 3.55. The fourth-order valence-electron chi connectivity index (χ4n) is 2.57. The molecule has 0 amide bonds. The number of fused-ring (bicyclic) bond motifs is 1. The van der Waals surface area contributed by atoms with E-state index in [1.54, 1.807) is 6.07 Å². The summed E-state index contributed by atoms with van der Waals surface area (Å²) in [5.41, 5.74) is 0.0583. The zero-order chi connectivity index (χ0) is 15.4. The quantitative estimate of drug-likeness (QED) is 0.790. The number of nitrogens with zero attached hydrogens (tertiary/aromatic N) is 2. The fraction of sp³-hybridized carbons (Fsp3) is 0.333. The molecular weight excluding hydrogens is 276 g/mol. The molecule has 0 saturated heterocycles. The van der Waals surface area contributed by atoms with E-state index in [0.29, 0.717) is 18.8 Å². The van der Waals surface area contributed by atoms with E-state index in [-0.39, 0.29) is 0 Å². The molecule has 0 bridgehead atoms. The number of nitriles is 2. The van der Waals surface area contributed by atoms with E-state index in [1.165, 1.54) is 0 Å². The first-order valence-corrected chi connectivity index (χ1v) is 7.37. The maximum absolute atomic E-state index is 9.08. The van der Waals surface area contributed by atoms with Crippen LogP contribution in [0.5, 0.6) is 5.75 Å². The second kappa shape index (κ2) is 6.05. The zero-order valence-corrected chi connectivity index (χ0v) is 12.2. The van der Waals surface area contributed by atoms with Gasteiger partial charge in [-0.2, -0.15) is 10.5 Å². The van der Waals surface area contributed by atoms with Crippen molar-refractivity contribution in [3.63, 3.8) is 0 Å². The third-order valence-corrected chi connectivity index (χ3v) is 4.04. The lowest BCUT2D eigenvalue weighted by atomic mass is 9.81. The number of ether oxygens (including phenoxy) is 2. The molecule has 0 aliphatic heterocycles. The molecule has 0 heterocycles. The highest BCUT2D eigenvalue weighted by Gasteiger charge is 2.38. The number of hydrogen-bond acceptors (Lipinski definition) is 4. The van der Waals surface area contributed by atoms with Crippen molar-refractivity contribution in [2.75, 3.05) is 13.2 Å². The number of rotatable bonds is 5. The van der Waals surface area contributed by atoms with Crippen LogP contribution in [-0.4, -0.2) is 18.8 Å². The normalized spacial score (nSPS) is 15.5. The van der Waals surface area contributed by atoms with Gasteiger partial charge in [-0.1, -0.05) is 12.1 Å². The third kappa shape index (κ3) is 2.88. The van der Waals surface area contributed by atoms with Crippen LogP contribution in [0.25, 0.3) is 10.8 Å². The summed E-state index contributed by atoms with van der Waals surface area (Å²) in [5, 5.41) is 20.1. The molecule has 2 aromatic carbocycles. The zero-order valence-electron chi connectivity index (χ0n) is 12.2. The highest BCUT2D eigenvalue weighted by Crippen LogP contribution is 2.34. The molecule has 0 aromatic heterocycles. The van der Waals surface area contributed by atoms with Crippen LogP contribution in [0.1, 0.15) is 24.8 Å². The summed E-state index contributed by atoms with van der Waals surface area (Å²) in [6, 6.07) is 15.7. The maximum Gasteiger partial charge on any atom is 0.154 e. The predicted molar refractivity (Wildman–Crippen MR) is 82.3 cm³/mol. The Bertz CT molecular complexity index is 767. The van der Waals surface area contributed by atoms with Crippen LogP contribution in [0.2, 0.25) is 0 Å². The molecule has 4 nitrogen and oxygen atoms in total. The van der Waals surface area contributed by atoms with Crippen LogP contribution in [-0.2, 0) is 4.74 Å². The average Bonchev–Trinajstić information content (AvgIpc) is 2.52. The molecule has 3 rings (SSSR count). The molecule has 1 saturated carbocycles. The molecule has 1 aliphatic carbocycles. The van der Waals surface area contributed by atoms with Crippen LogP contribution in [0.4, 0.5) is 0 Å². The summed E-state index contributed by atoms with van der Waals surface area (Å²) >= 11 is 0. The fourth-order valence-corrected chi connectivity index (χ4v) is 2.57. The van der Waals surface area contributed by atoms with E-state index in [1.807, 2.05) is 30.3 Å². The second-order valence-corrected chi connectivity index (χ2v) is 5.49. The number of hydrogen-bond donors (Lipinski definition) is 0. The molecule has 22 heavy (non-hydrogen) atoms. The SMILES string of the molecule is N#Cc1ccc2ccc(OCCOC3(C#N)CCC3)cc2c1. The van der Waals surface area contributed by atoms with E-state index in [9.17, 15) is 0 Å². The largest absolute Gasteiger partial charge is 0.491 e. The molecule has 0 atom stereocenters. The Kier molecular flexibility index (Phi) is 3.96. The highest BCUT2D eigenvalue weighted by molar-refractivity contribution is 5.85. The lowest BCUT2D eigenvalue weighted by Crippen LogP contribution is -2.39. The minimum Gasteiger partial charge on any atom is -0.491 e. The Labute approximate surface area is 129 Å². The van der Waals surface area contributed by atoms with Crippen LogP contribution in [0.3, 0.4) is 0 Å². The number of benzene rings is 2. The van der Waals surface area contributed by atoms with Gasteiger partial charge >= 0.3 is 0 Å². The van der Waals surface area contributed by atoms with Crippen LogP contribution >= 0.6 is 0 Å². The second-order valence-electron chi connectivity index (χ2n) is 5.49. The van der Waals surface area contributed by atoms with Crippen molar-refractivity contribution in [3.8, 4) is 17.9 Å². The molecule has 2 aromatic rings. The van der Waals surface area contributed by atoms with Crippen molar-refractivity contribution < 1.29 is 9.47 Å². The Morgan fingerprint density at radius 2 is 1.82 bits per heavy atom. The molecule has 110 valence electrons. The molecular formula is C18H16N2O2. The lowest BCUT2D eigenvalue weighted by molar-refractivity contribution is -0.0644. The van der Waals surface area contributed by atoms with Crippen LogP contribution in [0, 0.1) is 22.7 Å². The van der Waals surface area contributed by atoms with E-state index in [4.69, 9.17) is 20.0 Å². The van der Waals surface area contributed by atoms with Gasteiger partial charge in [-0.25, -0.2) is 0 Å². The molecule has 1 fully saturated rings. The molecule has 0 radical (unpaired) electrons. The van der Waals surface area contributed by atoms with Gasteiger partial charge in [-0.15, -0.1) is 0 Å². The molecule has 0 spiro atoms. The Morgan fingerprint density at radius 1 is 1.00 bits per heavy atom. The van der Waals surface area contributed by atoms with Gasteiger partial charge in [-0.05, 0) is 54.3 Å². The van der Waals surface area contributed by atoms with Crippen molar-refractivity contribution in [2.24, 2.45) is 0 Å². The molecule has 0 N–H and O–H groups in total. The summed E-state index contributed by atoms with van der Waals surface area (Å²) < 4.78 is 11.3. The highest BCUT2D eigenvalue weighted by atomic mass is 16.5. The van der Waals surface area contributed by atoms with Crippen molar-refractivity contribution in [1.29, 1.82) is 10.5 Å². The lowest BCUT2D eigenvalue weighted by Gasteiger charge is -2.34. The van der Waals surface area contributed by atoms with Gasteiger partial charge in [0.1, 0.15) is 12.4 Å². The minimum atomic E-state index is -0.575. The Hall–Kier alpha value is -2.56. The summed E-state index contributed by atoms with van der Waals surface area (Å²) in [5.74, 6) is 0.741.